The summed E-state index contributed by atoms with van der Waals surface area (Å²) in [7, 11) is -3.45. The van der Waals surface area contributed by atoms with Gasteiger partial charge in [-0.1, -0.05) is 18.2 Å². The van der Waals surface area contributed by atoms with Crippen LogP contribution in [0.15, 0.2) is 35.2 Å². The Balaban J connectivity index is 1.38. The number of nitrogens with zero attached hydrogens (tertiary/aromatic N) is 2. The Kier molecular flexibility index (Phi) is 4.79. The highest BCUT2D eigenvalue weighted by atomic mass is 32.2. The summed E-state index contributed by atoms with van der Waals surface area (Å²) >= 11 is 0. The Hall–Kier alpha value is -1.44. The van der Waals surface area contributed by atoms with Crippen molar-refractivity contribution in [3.8, 4) is 0 Å². The Morgan fingerprint density at radius 2 is 1.65 bits per heavy atom. The molecule has 3 fully saturated rings. The summed E-state index contributed by atoms with van der Waals surface area (Å²) in [6, 6.07) is 8.57. The molecule has 1 amide bonds. The lowest BCUT2D eigenvalue weighted by Crippen LogP contribution is -2.47. The van der Waals surface area contributed by atoms with Gasteiger partial charge >= 0.3 is 0 Å². The zero-order valence-corrected chi connectivity index (χ0v) is 15.8. The number of amides is 1. The van der Waals surface area contributed by atoms with Crippen molar-refractivity contribution < 1.29 is 17.9 Å². The van der Waals surface area contributed by atoms with Crippen LogP contribution in [0.4, 0.5) is 0 Å². The molecule has 6 nitrogen and oxygen atoms in total. The third-order valence-corrected chi connectivity index (χ3v) is 7.88. The van der Waals surface area contributed by atoms with Gasteiger partial charge in [0.1, 0.15) is 6.10 Å². The van der Waals surface area contributed by atoms with Crippen LogP contribution in [0.5, 0.6) is 0 Å². The van der Waals surface area contributed by atoms with Crippen LogP contribution in [-0.4, -0.2) is 61.4 Å². The van der Waals surface area contributed by atoms with Gasteiger partial charge < -0.3 is 9.64 Å². The number of carbonyl (C=O) groups is 1. The number of hydrogen-bond donors (Lipinski definition) is 0. The van der Waals surface area contributed by atoms with E-state index in [-0.39, 0.29) is 17.6 Å². The Morgan fingerprint density at radius 3 is 2.31 bits per heavy atom. The van der Waals surface area contributed by atoms with Crippen LogP contribution in [0.1, 0.15) is 38.5 Å². The lowest BCUT2D eigenvalue weighted by molar-refractivity contribution is -0.149. The van der Waals surface area contributed by atoms with Crippen molar-refractivity contribution in [2.45, 2.75) is 55.1 Å². The molecule has 0 saturated carbocycles. The molecule has 3 saturated heterocycles. The number of hydrogen-bond acceptors (Lipinski definition) is 4. The monoisotopic (exact) mass is 378 g/mol. The number of ether oxygens (including phenoxy) is 1. The second-order valence-electron chi connectivity index (χ2n) is 7.58. The quantitative estimate of drug-likeness (QED) is 0.807. The molecule has 3 heterocycles. The number of carbonyl (C=O) groups excluding carboxylic acids is 1. The van der Waals surface area contributed by atoms with Crippen molar-refractivity contribution >= 4 is 15.9 Å². The van der Waals surface area contributed by atoms with Crippen molar-refractivity contribution in [1.82, 2.24) is 9.21 Å². The summed E-state index contributed by atoms with van der Waals surface area (Å²) in [6.07, 6.45) is 4.72. The molecule has 1 aromatic carbocycles. The summed E-state index contributed by atoms with van der Waals surface area (Å²) in [6.45, 7) is 2.58. The van der Waals surface area contributed by atoms with Crippen LogP contribution in [0, 0.1) is 0 Å². The van der Waals surface area contributed by atoms with E-state index in [1.54, 1.807) is 28.6 Å². The lowest BCUT2D eigenvalue weighted by atomic mass is 9.89. The van der Waals surface area contributed by atoms with Gasteiger partial charge in [-0.3, -0.25) is 4.79 Å². The summed E-state index contributed by atoms with van der Waals surface area (Å²) in [5, 5.41) is 0. The Morgan fingerprint density at radius 1 is 1.00 bits per heavy atom. The predicted molar refractivity (Wildman–Crippen MR) is 97.1 cm³/mol. The van der Waals surface area contributed by atoms with E-state index in [1.165, 1.54) is 0 Å². The minimum atomic E-state index is -3.45. The smallest absolute Gasteiger partial charge is 0.251 e. The molecule has 3 aliphatic heterocycles. The van der Waals surface area contributed by atoms with E-state index in [2.05, 4.69) is 0 Å². The Bertz CT molecular complexity index is 751. The van der Waals surface area contributed by atoms with Gasteiger partial charge in [0, 0.05) is 26.2 Å². The summed E-state index contributed by atoms with van der Waals surface area (Å²) in [4.78, 5) is 14.8. The summed E-state index contributed by atoms with van der Waals surface area (Å²) in [5.41, 5.74) is -0.331. The maximum Gasteiger partial charge on any atom is 0.251 e. The molecule has 26 heavy (non-hydrogen) atoms. The first kappa shape index (κ1) is 17.9. The minimum Gasteiger partial charge on any atom is -0.362 e. The molecule has 1 spiro atoms. The zero-order valence-electron chi connectivity index (χ0n) is 15.0. The van der Waals surface area contributed by atoms with Gasteiger partial charge in [-0.2, -0.15) is 4.31 Å². The molecule has 3 aliphatic rings. The predicted octanol–water partition coefficient (Wildman–Crippen LogP) is 2.01. The molecule has 4 rings (SSSR count). The number of likely N-dealkylation sites (tertiary alicyclic amines) is 1. The van der Waals surface area contributed by atoms with Crippen LogP contribution >= 0.6 is 0 Å². The Labute approximate surface area is 155 Å². The number of benzene rings is 1. The molecule has 142 valence electrons. The average molecular weight is 378 g/mol. The second kappa shape index (κ2) is 6.94. The van der Waals surface area contributed by atoms with Gasteiger partial charge in [0.05, 0.1) is 10.5 Å². The molecule has 7 heteroatoms. The highest BCUT2D eigenvalue weighted by Gasteiger charge is 2.47. The molecule has 0 aromatic heterocycles. The molecule has 0 unspecified atom stereocenters. The van der Waals surface area contributed by atoms with Crippen LogP contribution in [0.25, 0.3) is 0 Å². The van der Waals surface area contributed by atoms with Crippen molar-refractivity contribution in [2.75, 3.05) is 26.2 Å². The fraction of sp³-hybridized carbons (Fsp3) is 0.632. The van der Waals surface area contributed by atoms with Crippen molar-refractivity contribution in [2.24, 2.45) is 0 Å². The normalized spacial score (nSPS) is 26.5. The maximum absolute atomic E-state index is 12.8. The van der Waals surface area contributed by atoms with Crippen LogP contribution in [0.3, 0.4) is 0 Å². The summed E-state index contributed by atoms with van der Waals surface area (Å²) in [5.74, 6) is 0.124. The van der Waals surface area contributed by atoms with Gasteiger partial charge in [-0.05, 0) is 50.7 Å². The molecule has 1 aromatic rings. The SMILES string of the molecule is O=C([C@@H]1CCC2(CCN(S(=O)(=O)c3ccccc3)CC2)O1)N1CCCC1. The van der Waals surface area contributed by atoms with E-state index in [0.29, 0.717) is 30.8 Å². The van der Waals surface area contributed by atoms with Gasteiger partial charge in [-0.25, -0.2) is 8.42 Å². The molecule has 0 bridgehead atoms. The van der Waals surface area contributed by atoms with Crippen LogP contribution in [0.2, 0.25) is 0 Å². The molecular formula is C19H26N2O4S. The molecular weight excluding hydrogens is 352 g/mol. The maximum atomic E-state index is 12.8. The fourth-order valence-corrected chi connectivity index (χ4v) is 5.83. The van der Waals surface area contributed by atoms with Crippen molar-refractivity contribution in [1.29, 1.82) is 0 Å². The third kappa shape index (κ3) is 3.28. The average Bonchev–Trinajstić information content (AvgIpc) is 3.33. The number of sulfonamides is 1. The van der Waals surface area contributed by atoms with E-state index >= 15 is 0 Å². The van der Waals surface area contributed by atoms with Gasteiger partial charge in [0.2, 0.25) is 10.0 Å². The highest BCUT2D eigenvalue weighted by Crippen LogP contribution is 2.40. The van der Waals surface area contributed by atoms with E-state index < -0.39 is 10.0 Å². The standard InChI is InChI=1S/C19H26N2O4S/c22-18(20-12-4-5-13-20)17-8-9-19(25-17)10-14-21(15-11-19)26(23,24)16-6-2-1-3-7-16/h1-3,6-7,17H,4-5,8-15H2/t17-/m0/s1. The number of piperidine rings is 1. The molecule has 1 atom stereocenters. The summed E-state index contributed by atoms with van der Waals surface area (Å²) < 4.78 is 33.3. The highest BCUT2D eigenvalue weighted by molar-refractivity contribution is 7.89. The first-order valence-corrected chi connectivity index (χ1v) is 11.0. The largest absolute Gasteiger partial charge is 0.362 e. The third-order valence-electron chi connectivity index (χ3n) is 5.96. The van der Waals surface area contributed by atoms with Gasteiger partial charge in [-0.15, -0.1) is 0 Å². The van der Waals surface area contributed by atoms with E-state index in [1.807, 2.05) is 11.0 Å². The van der Waals surface area contributed by atoms with Crippen molar-refractivity contribution in [3.63, 3.8) is 0 Å². The van der Waals surface area contributed by atoms with Crippen LogP contribution < -0.4 is 0 Å². The van der Waals surface area contributed by atoms with Crippen LogP contribution in [-0.2, 0) is 19.6 Å². The van der Waals surface area contributed by atoms with E-state index in [9.17, 15) is 13.2 Å². The topological polar surface area (TPSA) is 66.9 Å². The molecule has 0 N–H and O–H groups in total. The van der Waals surface area contributed by atoms with E-state index in [0.717, 1.165) is 38.8 Å². The molecule has 0 aliphatic carbocycles. The van der Waals surface area contributed by atoms with E-state index in [4.69, 9.17) is 4.74 Å². The fourth-order valence-electron chi connectivity index (χ4n) is 4.37. The van der Waals surface area contributed by atoms with Crippen molar-refractivity contribution in [3.05, 3.63) is 30.3 Å². The second-order valence-corrected chi connectivity index (χ2v) is 9.52. The van der Waals surface area contributed by atoms with Gasteiger partial charge in [0.25, 0.3) is 5.91 Å². The minimum absolute atomic E-state index is 0.124. The van der Waals surface area contributed by atoms with Gasteiger partial charge in [0.15, 0.2) is 0 Å². The number of rotatable bonds is 3. The lowest BCUT2D eigenvalue weighted by Gasteiger charge is -2.38. The first-order chi connectivity index (χ1) is 12.5. The molecule has 0 radical (unpaired) electrons. The zero-order chi connectivity index (χ0) is 18.2. The first-order valence-electron chi connectivity index (χ1n) is 9.52.